The summed E-state index contributed by atoms with van der Waals surface area (Å²) in [5.41, 5.74) is 4.39. The molecule has 0 aliphatic carbocycles. The lowest BCUT2D eigenvalue weighted by Gasteiger charge is -2.12. The summed E-state index contributed by atoms with van der Waals surface area (Å²) in [7, 11) is 0. The van der Waals surface area contributed by atoms with E-state index in [0.29, 0.717) is 33.5 Å². The minimum Gasteiger partial charge on any atom is -0.379 e. The maximum Gasteiger partial charge on any atom is 0.248 e. The summed E-state index contributed by atoms with van der Waals surface area (Å²) >= 11 is 12.4. The van der Waals surface area contributed by atoms with Crippen LogP contribution in [0.25, 0.3) is 6.08 Å². The zero-order chi connectivity index (χ0) is 25.3. The molecule has 0 bridgehead atoms. The third kappa shape index (κ3) is 7.18. The fourth-order valence-electron chi connectivity index (χ4n) is 3.36. The zero-order valence-corrected chi connectivity index (χ0v) is 20.6. The van der Waals surface area contributed by atoms with E-state index in [2.05, 4.69) is 20.9 Å². The second-order valence-corrected chi connectivity index (χ2v) is 8.67. The van der Waals surface area contributed by atoms with Gasteiger partial charge in [0, 0.05) is 44.9 Å². The van der Waals surface area contributed by atoms with Gasteiger partial charge in [-0.25, -0.2) is 0 Å². The molecule has 0 saturated heterocycles. The van der Waals surface area contributed by atoms with Crippen molar-refractivity contribution in [2.45, 2.75) is 6.54 Å². The molecule has 4 N–H and O–H groups in total. The standard InChI is InChI=1S/C28H23Cl2N5O/c29-21-15-24(34-27(36)13-10-19-5-1-2-7-26(19)30)17-25(16-21)35-28(31)20-8-11-22(12-9-20)33-18-23-6-3-4-14-32-23/h1-17,33H,18H2,(H2,31,35)(H,34,36)/b13-10+. The molecular formula is C28H23Cl2N5O. The van der Waals surface area contributed by atoms with Crippen LogP contribution in [0.4, 0.5) is 17.1 Å². The fraction of sp³-hybridized carbons (Fsp3) is 0.0357. The van der Waals surface area contributed by atoms with Crippen LogP contribution in [-0.4, -0.2) is 16.7 Å². The first-order valence-electron chi connectivity index (χ1n) is 11.1. The van der Waals surface area contributed by atoms with Crippen LogP contribution in [0.1, 0.15) is 16.8 Å². The monoisotopic (exact) mass is 515 g/mol. The second kappa shape index (κ2) is 12.0. The Balaban J connectivity index is 1.36. The first-order valence-corrected chi connectivity index (χ1v) is 11.9. The van der Waals surface area contributed by atoms with Crippen LogP contribution in [0.5, 0.6) is 0 Å². The van der Waals surface area contributed by atoms with Crippen LogP contribution in [0.3, 0.4) is 0 Å². The molecule has 36 heavy (non-hydrogen) atoms. The number of carbonyl (C=O) groups is 1. The van der Waals surface area contributed by atoms with E-state index >= 15 is 0 Å². The molecule has 0 radical (unpaired) electrons. The van der Waals surface area contributed by atoms with Gasteiger partial charge >= 0.3 is 0 Å². The SMILES string of the molecule is N=C(Nc1cc(Cl)cc(NC(=O)/C=C/c2ccccc2Cl)c1)c1ccc(NCc2ccccn2)cc1. The fourth-order valence-corrected chi connectivity index (χ4v) is 3.79. The van der Waals surface area contributed by atoms with Crippen LogP contribution in [0.15, 0.2) is 97.2 Å². The number of hydrogen-bond donors (Lipinski definition) is 4. The highest BCUT2D eigenvalue weighted by molar-refractivity contribution is 6.32. The molecule has 8 heteroatoms. The van der Waals surface area contributed by atoms with Crippen LogP contribution in [0, 0.1) is 5.41 Å². The van der Waals surface area contributed by atoms with Crippen molar-refractivity contribution in [3.05, 3.63) is 124 Å². The normalized spacial score (nSPS) is 10.7. The minimum atomic E-state index is -0.327. The predicted molar refractivity (Wildman–Crippen MR) is 149 cm³/mol. The van der Waals surface area contributed by atoms with E-state index in [1.807, 2.05) is 60.7 Å². The summed E-state index contributed by atoms with van der Waals surface area (Å²) in [6, 6.07) is 25.6. The van der Waals surface area contributed by atoms with Crippen molar-refractivity contribution in [3.63, 3.8) is 0 Å². The van der Waals surface area contributed by atoms with E-state index in [1.165, 1.54) is 6.08 Å². The first kappa shape index (κ1) is 25.0. The Kier molecular flexibility index (Phi) is 8.34. The summed E-state index contributed by atoms with van der Waals surface area (Å²) in [5, 5.41) is 18.6. The van der Waals surface area contributed by atoms with Crippen LogP contribution in [0.2, 0.25) is 10.0 Å². The van der Waals surface area contributed by atoms with Crippen LogP contribution >= 0.6 is 23.2 Å². The lowest BCUT2D eigenvalue weighted by atomic mass is 10.1. The largest absolute Gasteiger partial charge is 0.379 e. The third-order valence-corrected chi connectivity index (χ3v) is 5.69. The summed E-state index contributed by atoms with van der Waals surface area (Å²) < 4.78 is 0. The Labute approximate surface area is 219 Å². The number of anilines is 3. The number of hydrogen-bond acceptors (Lipinski definition) is 4. The quantitative estimate of drug-likeness (QED) is 0.114. The number of carbonyl (C=O) groups excluding carboxylic acids is 1. The van der Waals surface area contributed by atoms with E-state index in [-0.39, 0.29) is 11.7 Å². The van der Waals surface area contributed by atoms with Gasteiger partial charge in [0.15, 0.2) is 0 Å². The lowest BCUT2D eigenvalue weighted by Crippen LogP contribution is -2.13. The van der Waals surface area contributed by atoms with Gasteiger partial charge in [-0.05, 0) is 72.3 Å². The van der Waals surface area contributed by atoms with E-state index < -0.39 is 0 Å². The Morgan fingerprint density at radius 3 is 2.31 bits per heavy atom. The van der Waals surface area contributed by atoms with Gasteiger partial charge in [-0.1, -0.05) is 47.5 Å². The van der Waals surface area contributed by atoms with Crippen LogP contribution in [-0.2, 0) is 11.3 Å². The van der Waals surface area contributed by atoms with Gasteiger partial charge < -0.3 is 16.0 Å². The number of halogens is 2. The number of nitrogens with one attached hydrogen (secondary N) is 4. The second-order valence-electron chi connectivity index (χ2n) is 7.82. The van der Waals surface area contributed by atoms with Crippen molar-refractivity contribution in [2.24, 2.45) is 0 Å². The Bertz CT molecular complexity index is 1390. The molecule has 0 spiro atoms. The number of amides is 1. The predicted octanol–water partition coefficient (Wildman–Crippen LogP) is 7.09. The summed E-state index contributed by atoms with van der Waals surface area (Å²) in [6.07, 6.45) is 4.81. The molecule has 1 heterocycles. The number of pyridine rings is 1. The van der Waals surface area contributed by atoms with Gasteiger partial charge in [0.1, 0.15) is 5.84 Å². The molecule has 180 valence electrons. The summed E-state index contributed by atoms with van der Waals surface area (Å²) in [4.78, 5) is 16.7. The van der Waals surface area contributed by atoms with Crippen LogP contribution < -0.4 is 16.0 Å². The summed E-state index contributed by atoms with van der Waals surface area (Å²) in [5.74, 6) is -0.128. The van der Waals surface area contributed by atoms with Gasteiger partial charge in [0.2, 0.25) is 5.91 Å². The van der Waals surface area contributed by atoms with Gasteiger partial charge in [0.25, 0.3) is 0 Å². The molecule has 0 aliphatic heterocycles. The van der Waals surface area contributed by atoms with Crippen molar-refractivity contribution in [2.75, 3.05) is 16.0 Å². The lowest BCUT2D eigenvalue weighted by molar-refractivity contribution is -0.111. The maximum absolute atomic E-state index is 12.4. The molecule has 0 atom stereocenters. The molecule has 6 nitrogen and oxygen atoms in total. The van der Waals surface area contributed by atoms with Gasteiger partial charge in [0.05, 0.1) is 12.2 Å². The Morgan fingerprint density at radius 1 is 0.861 bits per heavy atom. The van der Waals surface area contributed by atoms with E-state index in [9.17, 15) is 4.79 Å². The molecule has 0 unspecified atom stereocenters. The molecule has 0 fully saturated rings. The highest BCUT2D eigenvalue weighted by atomic mass is 35.5. The number of aromatic nitrogens is 1. The molecule has 1 amide bonds. The third-order valence-electron chi connectivity index (χ3n) is 5.13. The number of nitrogens with zero attached hydrogens (tertiary/aromatic N) is 1. The molecule has 0 aliphatic rings. The van der Waals surface area contributed by atoms with Gasteiger partial charge in [-0.2, -0.15) is 0 Å². The maximum atomic E-state index is 12.4. The molecule has 0 saturated carbocycles. The number of rotatable bonds is 8. The van der Waals surface area contributed by atoms with Crippen molar-refractivity contribution in [1.82, 2.24) is 4.98 Å². The van der Waals surface area contributed by atoms with Crippen molar-refractivity contribution >= 4 is 58.1 Å². The highest BCUT2D eigenvalue weighted by Gasteiger charge is 2.07. The Hall–Kier alpha value is -4.13. The minimum absolute atomic E-state index is 0.199. The smallest absolute Gasteiger partial charge is 0.248 e. The van der Waals surface area contributed by atoms with Crippen molar-refractivity contribution in [3.8, 4) is 0 Å². The number of amidine groups is 1. The Morgan fingerprint density at radius 2 is 1.58 bits per heavy atom. The number of benzene rings is 3. The summed E-state index contributed by atoms with van der Waals surface area (Å²) in [6.45, 7) is 0.612. The molecular weight excluding hydrogens is 493 g/mol. The van der Waals surface area contributed by atoms with Gasteiger partial charge in [-0.15, -0.1) is 0 Å². The van der Waals surface area contributed by atoms with E-state index in [0.717, 1.165) is 16.9 Å². The van der Waals surface area contributed by atoms with Gasteiger partial charge in [-0.3, -0.25) is 15.2 Å². The average Bonchev–Trinajstić information content (AvgIpc) is 2.87. The van der Waals surface area contributed by atoms with Crippen molar-refractivity contribution < 1.29 is 4.79 Å². The molecule has 1 aromatic heterocycles. The molecule has 4 rings (SSSR count). The van der Waals surface area contributed by atoms with E-state index in [1.54, 1.807) is 36.5 Å². The van der Waals surface area contributed by atoms with Crippen molar-refractivity contribution in [1.29, 1.82) is 5.41 Å². The van der Waals surface area contributed by atoms with E-state index in [4.69, 9.17) is 28.6 Å². The molecule has 3 aromatic carbocycles. The topological polar surface area (TPSA) is 89.9 Å². The highest BCUT2D eigenvalue weighted by Crippen LogP contribution is 2.24. The first-order chi connectivity index (χ1) is 17.5. The average molecular weight is 516 g/mol. The zero-order valence-electron chi connectivity index (χ0n) is 19.1. The molecule has 4 aromatic rings.